The SMILES string of the molecule is CCCCCCCCCC(=O)NCC(N)c1ccccc1. The van der Waals surface area contributed by atoms with Gasteiger partial charge in [0.05, 0.1) is 0 Å². The van der Waals surface area contributed by atoms with Crippen molar-refractivity contribution in [3.8, 4) is 0 Å². The van der Waals surface area contributed by atoms with Crippen LogP contribution in [0.3, 0.4) is 0 Å². The highest BCUT2D eigenvalue weighted by Gasteiger charge is 2.07. The molecule has 0 radical (unpaired) electrons. The molecule has 1 aromatic carbocycles. The van der Waals surface area contributed by atoms with Crippen LogP contribution in [-0.2, 0) is 4.79 Å². The van der Waals surface area contributed by atoms with Gasteiger partial charge in [-0.25, -0.2) is 0 Å². The van der Waals surface area contributed by atoms with E-state index in [1.54, 1.807) is 0 Å². The summed E-state index contributed by atoms with van der Waals surface area (Å²) in [5.74, 6) is 0.120. The fraction of sp³-hybridized carbons (Fsp3) is 0.611. The number of unbranched alkanes of at least 4 members (excludes halogenated alkanes) is 6. The second-order valence-electron chi connectivity index (χ2n) is 5.69. The highest BCUT2D eigenvalue weighted by molar-refractivity contribution is 5.75. The molecule has 1 amide bonds. The van der Waals surface area contributed by atoms with Gasteiger partial charge >= 0.3 is 0 Å². The Hall–Kier alpha value is -1.35. The molecular weight excluding hydrogens is 260 g/mol. The molecule has 118 valence electrons. The number of amides is 1. The predicted molar refractivity (Wildman–Crippen MR) is 89.0 cm³/mol. The minimum atomic E-state index is -0.121. The lowest BCUT2D eigenvalue weighted by molar-refractivity contribution is -0.121. The topological polar surface area (TPSA) is 55.1 Å². The first kappa shape index (κ1) is 17.7. The summed E-state index contributed by atoms with van der Waals surface area (Å²) in [5.41, 5.74) is 7.12. The molecule has 0 aromatic heterocycles. The van der Waals surface area contributed by atoms with Crippen LogP contribution in [-0.4, -0.2) is 12.5 Å². The number of carbonyl (C=O) groups excluding carboxylic acids is 1. The zero-order valence-corrected chi connectivity index (χ0v) is 13.3. The molecule has 1 unspecified atom stereocenters. The van der Waals surface area contributed by atoms with Crippen LogP contribution >= 0.6 is 0 Å². The van der Waals surface area contributed by atoms with Gasteiger partial charge in [0.2, 0.25) is 5.91 Å². The highest BCUT2D eigenvalue weighted by atomic mass is 16.1. The zero-order chi connectivity index (χ0) is 15.3. The summed E-state index contributed by atoms with van der Waals surface area (Å²) in [4.78, 5) is 11.7. The summed E-state index contributed by atoms with van der Waals surface area (Å²) >= 11 is 0. The quantitative estimate of drug-likeness (QED) is 0.606. The number of rotatable bonds is 11. The Labute approximate surface area is 129 Å². The van der Waals surface area contributed by atoms with E-state index in [-0.39, 0.29) is 11.9 Å². The number of carbonyl (C=O) groups is 1. The Morgan fingerprint density at radius 3 is 2.33 bits per heavy atom. The zero-order valence-electron chi connectivity index (χ0n) is 13.3. The molecule has 3 N–H and O–H groups in total. The summed E-state index contributed by atoms with van der Waals surface area (Å²) in [7, 11) is 0. The van der Waals surface area contributed by atoms with Gasteiger partial charge in [-0.2, -0.15) is 0 Å². The van der Waals surface area contributed by atoms with E-state index >= 15 is 0 Å². The summed E-state index contributed by atoms with van der Waals surface area (Å²) < 4.78 is 0. The molecule has 0 saturated carbocycles. The van der Waals surface area contributed by atoms with Crippen LogP contribution < -0.4 is 11.1 Å². The van der Waals surface area contributed by atoms with Crippen molar-refractivity contribution in [2.75, 3.05) is 6.54 Å². The van der Waals surface area contributed by atoms with Crippen LogP contribution in [0.4, 0.5) is 0 Å². The Kier molecular flexibility index (Phi) is 9.55. The monoisotopic (exact) mass is 290 g/mol. The first-order valence-corrected chi connectivity index (χ1v) is 8.31. The third kappa shape index (κ3) is 8.51. The lowest BCUT2D eigenvalue weighted by Gasteiger charge is -2.13. The van der Waals surface area contributed by atoms with Crippen LogP contribution in [0.1, 0.15) is 69.9 Å². The van der Waals surface area contributed by atoms with E-state index in [1.807, 2.05) is 30.3 Å². The molecule has 0 spiro atoms. The van der Waals surface area contributed by atoms with Crippen molar-refractivity contribution in [2.45, 2.75) is 64.3 Å². The molecule has 3 heteroatoms. The molecule has 3 nitrogen and oxygen atoms in total. The third-order valence-electron chi connectivity index (χ3n) is 3.75. The molecule has 0 bridgehead atoms. The van der Waals surface area contributed by atoms with Crippen LogP contribution in [0.15, 0.2) is 30.3 Å². The van der Waals surface area contributed by atoms with E-state index in [1.165, 1.54) is 32.1 Å². The maximum absolute atomic E-state index is 11.7. The summed E-state index contributed by atoms with van der Waals surface area (Å²) in [6.45, 7) is 2.74. The van der Waals surface area contributed by atoms with Gasteiger partial charge in [-0.3, -0.25) is 4.79 Å². The maximum atomic E-state index is 11.7. The molecule has 1 rings (SSSR count). The van der Waals surface area contributed by atoms with Crippen molar-refractivity contribution in [2.24, 2.45) is 5.73 Å². The van der Waals surface area contributed by atoms with Crippen molar-refractivity contribution in [1.29, 1.82) is 0 Å². The average molecular weight is 290 g/mol. The lowest BCUT2D eigenvalue weighted by atomic mass is 10.1. The van der Waals surface area contributed by atoms with Crippen molar-refractivity contribution >= 4 is 5.91 Å². The van der Waals surface area contributed by atoms with Gasteiger partial charge in [-0.05, 0) is 12.0 Å². The van der Waals surface area contributed by atoms with E-state index in [2.05, 4.69) is 12.2 Å². The fourth-order valence-electron chi connectivity index (χ4n) is 2.37. The molecule has 0 aliphatic carbocycles. The van der Waals surface area contributed by atoms with Gasteiger partial charge < -0.3 is 11.1 Å². The standard InChI is InChI=1S/C18H30N2O/c1-2-3-4-5-6-7-11-14-18(21)20-15-17(19)16-12-9-8-10-13-16/h8-10,12-13,17H,2-7,11,14-15,19H2,1H3,(H,20,21). The molecule has 0 heterocycles. The molecule has 1 aromatic rings. The lowest BCUT2D eigenvalue weighted by Crippen LogP contribution is -2.31. The number of nitrogens with two attached hydrogens (primary N) is 1. The van der Waals surface area contributed by atoms with E-state index in [9.17, 15) is 4.79 Å². The minimum Gasteiger partial charge on any atom is -0.354 e. The number of hydrogen-bond donors (Lipinski definition) is 2. The Morgan fingerprint density at radius 2 is 1.67 bits per heavy atom. The van der Waals surface area contributed by atoms with E-state index in [0.717, 1.165) is 18.4 Å². The van der Waals surface area contributed by atoms with Crippen molar-refractivity contribution < 1.29 is 4.79 Å². The Morgan fingerprint density at radius 1 is 1.05 bits per heavy atom. The molecule has 21 heavy (non-hydrogen) atoms. The van der Waals surface area contributed by atoms with E-state index < -0.39 is 0 Å². The fourth-order valence-corrected chi connectivity index (χ4v) is 2.37. The van der Waals surface area contributed by atoms with Crippen molar-refractivity contribution in [3.05, 3.63) is 35.9 Å². The Bertz CT molecular complexity index is 378. The molecular formula is C18H30N2O. The predicted octanol–water partition coefficient (Wildman–Crippen LogP) is 3.94. The second kappa shape index (κ2) is 11.3. The van der Waals surface area contributed by atoms with Crippen LogP contribution in [0.2, 0.25) is 0 Å². The molecule has 0 fully saturated rings. The largest absolute Gasteiger partial charge is 0.354 e. The summed E-state index contributed by atoms with van der Waals surface area (Å²) in [6, 6.07) is 9.77. The smallest absolute Gasteiger partial charge is 0.220 e. The normalized spacial score (nSPS) is 12.1. The number of benzene rings is 1. The van der Waals surface area contributed by atoms with Gasteiger partial charge in [0.1, 0.15) is 0 Å². The second-order valence-corrected chi connectivity index (χ2v) is 5.69. The average Bonchev–Trinajstić information content (AvgIpc) is 2.52. The molecule has 0 saturated heterocycles. The van der Waals surface area contributed by atoms with E-state index in [4.69, 9.17) is 5.73 Å². The van der Waals surface area contributed by atoms with Gasteiger partial charge in [-0.15, -0.1) is 0 Å². The van der Waals surface area contributed by atoms with E-state index in [0.29, 0.717) is 13.0 Å². The van der Waals surface area contributed by atoms with Crippen molar-refractivity contribution in [3.63, 3.8) is 0 Å². The van der Waals surface area contributed by atoms with Gasteiger partial charge in [-0.1, -0.05) is 75.8 Å². The number of nitrogens with one attached hydrogen (secondary N) is 1. The Balaban J connectivity index is 2.03. The first-order chi connectivity index (χ1) is 10.2. The summed E-state index contributed by atoms with van der Waals surface area (Å²) in [6.07, 6.45) is 9.25. The van der Waals surface area contributed by atoms with Gasteiger partial charge in [0.15, 0.2) is 0 Å². The number of hydrogen-bond acceptors (Lipinski definition) is 2. The minimum absolute atomic E-state index is 0.120. The van der Waals surface area contributed by atoms with Crippen LogP contribution in [0.25, 0.3) is 0 Å². The summed E-state index contributed by atoms with van der Waals surface area (Å²) in [5, 5.41) is 2.93. The highest BCUT2D eigenvalue weighted by Crippen LogP contribution is 2.09. The van der Waals surface area contributed by atoms with Crippen molar-refractivity contribution in [1.82, 2.24) is 5.32 Å². The van der Waals surface area contributed by atoms with Gasteiger partial charge in [0, 0.05) is 19.0 Å². The molecule has 1 atom stereocenters. The first-order valence-electron chi connectivity index (χ1n) is 8.31. The van der Waals surface area contributed by atoms with Crippen LogP contribution in [0.5, 0.6) is 0 Å². The van der Waals surface area contributed by atoms with Crippen LogP contribution in [0, 0.1) is 0 Å². The van der Waals surface area contributed by atoms with Gasteiger partial charge in [0.25, 0.3) is 0 Å². The third-order valence-corrected chi connectivity index (χ3v) is 3.75. The molecule has 0 aliphatic heterocycles. The molecule has 0 aliphatic rings. The maximum Gasteiger partial charge on any atom is 0.220 e.